The summed E-state index contributed by atoms with van der Waals surface area (Å²) in [6.07, 6.45) is 10.2. The van der Waals surface area contributed by atoms with Gasteiger partial charge in [-0.3, -0.25) is 4.79 Å². The predicted octanol–water partition coefficient (Wildman–Crippen LogP) is 5.26. The smallest absolute Gasteiger partial charge is 0.233 e. The van der Waals surface area contributed by atoms with Crippen LogP contribution in [0.3, 0.4) is 0 Å². The second kappa shape index (κ2) is 9.82. The number of rotatable bonds is 3. The van der Waals surface area contributed by atoms with Crippen molar-refractivity contribution in [3.8, 4) is 0 Å². The van der Waals surface area contributed by atoms with E-state index in [2.05, 4.69) is 32.6 Å². The minimum Gasteiger partial charge on any atom is -0.378 e. The molecule has 182 valence electrons. The monoisotopic (exact) mass is 497 g/mol. The number of morpholine rings is 1. The first-order chi connectivity index (χ1) is 16.7. The molecule has 1 amide bonds. The molecule has 1 saturated carbocycles. The number of benzene rings is 1. The fraction of sp³-hybridized carbons (Fsp3) is 0.630. The molecule has 1 saturated heterocycles. The third-order valence-electron chi connectivity index (χ3n) is 8.38. The Balaban J connectivity index is 1.22. The second-order valence-corrected chi connectivity index (χ2v) is 11.9. The van der Waals surface area contributed by atoms with Gasteiger partial charge in [0.1, 0.15) is 4.32 Å². The van der Waals surface area contributed by atoms with Gasteiger partial charge in [0.15, 0.2) is 0 Å². The van der Waals surface area contributed by atoms with Gasteiger partial charge in [-0.1, -0.05) is 49.3 Å². The molecule has 4 aliphatic rings. The van der Waals surface area contributed by atoms with Crippen molar-refractivity contribution in [1.29, 1.82) is 0 Å². The average Bonchev–Trinajstić information content (AvgIpc) is 3.23. The van der Waals surface area contributed by atoms with Crippen LogP contribution in [0.5, 0.6) is 0 Å². The molecule has 7 heteroatoms. The number of aryl methyl sites for hydroxylation is 1. The molecule has 0 spiro atoms. The SMILES string of the molecule is O=C(CSC(=S)N1CCOCC1)N1CCn2c3c(c4cc(C5CCCCC5)ccc42)CCC[C@H]31. The van der Waals surface area contributed by atoms with Crippen LogP contribution in [0.15, 0.2) is 18.2 Å². The van der Waals surface area contributed by atoms with E-state index < -0.39 is 0 Å². The van der Waals surface area contributed by atoms with E-state index in [1.807, 2.05) is 0 Å². The van der Waals surface area contributed by atoms with Gasteiger partial charge in [0, 0.05) is 42.8 Å². The lowest BCUT2D eigenvalue weighted by atomic mass is 9.83. The van der Waals surface area contributed by atoms with Crippen molar-refractivity contribution in [2.45, 2.75) is 69.9 Å². The van der Waals surface area contributed by atoms with E-state index >= 15 is 0 Å². The van der Waals surface area contributed by atoms with Crippen molar-refractivity contribution in [1.82, 2.24) is 14.4 Å². The van der Waals surface area contributed by atoms with E-state index in [9.17, 15) is 4.79 Å². The van der Waals surface area contributed by atoms with Gasteiger partial charge in [0.05, 0.1) is 25.0 Å². The number of fused-ring (bicyclic) bond motifs is 3. The highest BCUT2D eigenvalue weighted by molar-refractivity contribution is 8.23. The second-order valence-electron chi connectivity index (χ2n) is 10.3. The van der Waals surface area contributed by atoms with Crippen LogP contribution in [-0.2, 0) is 22.5 Å². The van der Waals surface area contributed by atoms with Crippen molar-refractivity contribution < 1.29 is 9.53 Å². The third-order valence-corrected chi connectivity index (χ3v) is 9.89. The molecule has 1 aromatic carbocycles. The molecule has 2 aromatic rings. The first-order valence-electron chi connectivity index (χ1n) is 13.1. The largest absolute Gasteiger partial charge is 0.378 e. The zero-order chi connectivity index (χ0) is 23.1. The summed E-state index contributed by atoms with van der Waals surface area (Å²) < 4.78 is 8.80. The van der Waals surface area contributed by atoms with Crippen LogP contribution in [0.2, 0.25) is 0 Å². The van der Waals surface area contributed by atoms with E-state index in [1.165, 1.54) is 71.6 Å². The minimum absolute atomic E-state index is 0.216. The van der Waals surface area contributed by atoms with Gasteiger partial charge in [-0.05, 0) is 61.3 Å². The molecule has 6 rings (SSSR count). The standard InChI is InChI=1S/C27H35N3O2S2/c31-25(18-34-27(33)28-13-15-32-16-14-28)29-11-12-30-23-10-9-20(19-5-2-1-3-6-19)17-22(23)21-7-4-8-24(29)26(21)30/h9-10,17,19,24H,1-8,11-16,18H2/t24-/m1/s1. The van der Waals surface area contributed by atoms with Gasteiger partial charge >= 0.3 is 0 Å². The molecule has 2 aliphatic heterocycles. The Morgan fingerprint density at radius 3 is 2.68 bits per heavy atom. The number of carbonyl (C=O) groups excluding carboxylic acids is 1. The van der Waals surface area contributed by atoms with Crippen LogP contribution in [0.25, 0.3) is 10.9 Å². The maximum Gasteiger partial charge on any atom is 0.233 e. The summed E-state index contributed by atoms with van der Waals surface area (Å²) in [5, 5.41) is 1.46. The van der Waals surface area contributed by atoms with Crippen molar-refractivity contribution in [2.75, 3.05) is 38.6 Å². The Bertz CT molecular complexity index is 1090. The third kappa shape index (κ3) is 4.18. The zero-order valence-corrected chi connectivity index (χ0v) is 21.6. The molecule has 0 radical (unpaired) electrons. The van der Waals surface area contributed by atoms with Crippen LogP contribution < -0.4 is 0 Å². The van der Waals surface area contributed by atoms with E-state index in [4.69, 9.17) is 17.0 Å². The van der Waals surface area contributed by atoms with Crippen LogP contribution in [-0.4, -0.2) is 63.2 Å². The molecule has 5 nitrogen and oxygen atoms in total. The first kappa shape index (κ1) is 22.9. The number of thiocarbonyl (C=S) groups is 1. The molecular formula is C27H35N3O2S2. The van der Waals surface area contributed by atoms with E-state index in [0.717, 1.165) is 68.9 Å². The zero-order valence-electron chi connectivity index (χ0n) is 20.0. The van der Waals surface area contributed by atoms with Gasteiger partial charge in [-0.2, -0.15) is 0 Å². The number of aromatic nitrogens is 1. The van der Waals surface area contributed by atoms with E-state index in [-0.39, 0.29) is 11.9 Å². The molecular weight excluding hydrogens is 462 g/mol. The van der Waals surface area contributed by atoms with Crippen molar-refractivity contribution in [3.63, 3.8) is 0 Å². The molecule has 0 bridgehead atoms. The maximum absolute atomic E-state index is 13.4. The highest BCUT2D eigenvalue weighted by Gasteiger charge is 2.37. The molecule has 1 atom stereocenters. The van der Waals surface area contributed by atoms with Gasteiger partial charge < -0.3 is 19.1 Å². The number of amides is 1. The highest BCUT2D eigenvalue weighted by atomic mass is 32.2. The number of hydrogen-bond donors (Lipinski definition) is 0. The fourth-order valence-electron chi connectivity index (χ4n) is 6.65. The summed E-state index contributed by atoms with van der Waals surface area (Å²) in [6.45, 7) is 4.80. The molecule has 0 unspecified atom stereocenters. The summed E-state index contributed by atoms with van der Waals surface area (Å²) in [6, 6.07) is 7.50. The van der Waals surface area contributed by atoms with Crippen molar-refractivity contribution >= 4 is 45.1 Å². The summed E-state index contributed by atoms with van der Waals surface area (Å²) in [7, 11) is 0. The summed E-state index contributed by atoms with van der Waals surface area (Å²) in [5.41, 5.74) is 5.85. The predicted molar refractivity (Wildman–Crippen MR) is 143 cm³/mol. The van der Waals surface area contributed by atoms with Crippen LogP contribution in [0.4, 0.5) is 0 Å². The van der Waals surface area contributed by atoms with Crippen LogP contribution in [0.1, 0.15) is 73.7 Å². The quantitative estimate of drug-likeness (QED) is 0.541. The first-order valence-corrected chi connectivity index (χ1v) is 14.5. The highest BCUT2D eigenvalue weighted by Crippen LogP contribution is 2.44. The van der Waals surface area contributed by atoms with Crippen LogP contribution in [0, 0.1) is 0 Å². The van der Waals surface area contributed by atoms with Crippen LogP contribution >= 0.6 is 24.0 Å². The number of ether oxygens (including phenoxy) is 1. The van der Waals surface area contributed by atoms with Gasteiger partial charge in [0.2, 0.25) is 5.91 Å². The summed E-state index contributed by atoms with van der Waals surface area (Å²) in [4.78, 5) is 17.7. The molecule has 1 aromatic heterocycles. The number of hydrogen-bond acceptors (Lipinski definition) is 4. The molecule has 2 fully saturated rings. The van der Waals surface area contributed by atoms with Crippen molar-refractivity contribution in [3.05, 3.63) is 35.0 Å². The lowest BCUT2D eigenvalue weighted by molar-refractivity contribution is -0.132. The molecule has 2 aliphatic carbocycles. The number of carbonyl (C=O) groups is 1. The molecule has 3 heterocycles. The summed E-state index contributed by atoms with van der Waals surface area (Å²) in [5.74, 6) is 1.40. The average molecular weight is 498 g/mol. The minimum atomic E-state index is 0.216. The lowest BCUT2D eigenvalue weighted by Crippen LogP contribution is -2.44. The Kier molecular flexibility index (Phi) is 6.61. The Morgan fingerprint density at radius 2 is 1.85 bits per heavy atom. The van der Waals surface area contributed by atoms with Gasteiger partial charge in [-0.15, -0.1) is 0 Å². The number of nitrogens with zero attached hydrogens (tertiary/aromatic N) is 3. The molecule has 34 heavy (non-hydrogen) atoms. The van der Waals surface area contributed by atoms with Gasteiger partial charge in [0.25, 0.3) is 0 Å². The summed E-state index contributed by atoms with van der Waals surface area (Å²) >= 11 is 7.14. The fourth-order valence-corrected chi connectivity index (χ4v) is 7.79. The Morgan fingerprint density at radius 1 is 1.03 bits per heavy atom. The van der Waals surface area contributed by atoms with Crippen molar-refractivity contribution in [2.24, 2.45) is 0 Å². The normalized spacial score (nSPS) is 23.2. The number of thioether (sulfide) groups is 1. The topological polar surface area (TPSA) is 37.7 Å². The maximum atomic E-state index is 13.4. The Hall–Kier alpha value is -1.57. The van der Waals surface area contributed by atoms with E-state index in [1.54, 1.807) is 0 Å². The Labute approximate surface area is 212 Å². The molecule has 0 N–H and O–H groups in total. The van der Waals surface area contributed by atoms with Gasteiger partial charge in [-0.25, -0.2) is 0 Å². The lowest BCUT2D eigenvalue weighted by Gasteiger charge is -2.40. The van der Waals surface area contributed by atoms with E-state index in [0.29, 0.717) is 5.75 Å².